The van der Waals surface area contributed by atoms with Gasteiger partial charge in [-0.25, -0.2) is 0 Å². The molecule has 0 heterocycles. The summed E-state index contributed by atoms with van der Waals surface area (Å²) in [5.41, 5.74) is 2.74. The van der Waals surface area contributed by atoms with Crippen molar-refractivity contribution in [2.24, 2.45) is 0 Å². The highest BCUT2D eigenvalue weighted by atomic mass is 16.5. The zero-order chi connectivity index (χ0) is 14.1. The molecule has 0 radical (unpaired) electrons. The second-order valence-corrected chi connectivity index (χ2v) is 4.14. The summed E-state index contributed by atoms with van der Waals surface area (Å²) in [6, 6.07) is 5.58. The average molecular weight is 266 g/mol. The third-order valence-corrected chi connectivity index (χ3v) is 2.72. The van der Waals surface area contributed by atoms with E-state index in [1.807, 2.05) is 26.1 Å². The van der Waals surface area contributed by atoms with Crippen molar-refractivity contribution in [3.05, 3.63) is 29.3 Å². The highest BCUT2D eigenvalue weighted by molar-refractivity contribution is 5.94. The molecule has 1 aromatic carbocycles. The van der Waals surface area contributed by atoms with Crippen molar-refractivity contribution in [1.29, 1.82) is 0 Å². The van der Waals surface area contributed by atoms with E-state index in [2.05, 4.69) is 10.6 Å². The minimum absolute atomic E-state index is 0.0823. The summed E-state index contributed by atoms with van der Waals surface area (Å²) in [7, 11) is 3.49. The number of methoxy groups -OCH3 is 1. The first-order valence-corrected chi connectivity index (χ1v) is 6.32. The van der Waals surface area contributed by atoms with E-state index in [-0.39, 0.29) is 5.91 Å². The van der Waals surface area contributed by atoms with E-state index in [9.17, 15) is 4.79 Å². The number of aryl methyl sites for hydroxylation is 1. The molecule has 0 bridgehead atoms. The van der Waals surface area contributed by atoms with Gasteiger partial charge in [0.15, 0.2) is 0 Å². The van der Waals surface area contributed by atoms with E-state index in [1.165, 1.54) is 0 Å². The number of hydrogen-bond donors (Lipinski definition) is 2. The van der Waals surface area contributed by atoms with Crippen LogP contribution in [-0.2, 0) is 9.47 Å². The maximum atomic E-state index is 11.9. The van der Waals surface area contributed by atoms with Crippen LogP contribution in [0.15, 0.2) is 18.2 Å². The van der Waals surface area contributed by atoms with Gasteiger partial charge < -0.3 is 20.1 Å². The molecule has 0 aliphatic rings. The Morgan fingerprint density at radius 3 is 2.68 bits per heavy atom. The number of benzene rings is 1. The number of rotatable bonds is 8. The standard InChI is InChI=1S/C14H22N2O3/c1-11-10-12(4-5-13(11)15-2)14(17)16-6-7-19-9-8-18-3/h4-5,10,15H,6-9H2,1-3H3,(H,16,17). The fourth-order valence-corrected chi connectivity index (χ4v) is 1.67. The molecule has 0 fully saturated rings. The zero-order valence-electron chi connectivity index (χ0n) is 11.8. The van der Waals surface area contributed by atoms with Crippen molar-refractivity contribution >= 4 is 11.6 Å². The van der Waals surface area contributed by atoms with Gasteiger partial charge in [0.05, 0.1) is 19.8 Å². The molecular weight excluding hydrogens is 244 g/mol. The molecule has 5 heteroatoms. The van der Waals surface area contributed by atoms with Crippen molar-refractivity contribution in [2.75, 3.05) is 45.8 Å². The lowest BCUT2D eigenvalue weighted by Crippen LogP contribution is -2.27. The number of hydrogen-bond acceptors (Lipinski definition) is 4. The van der Waals surface area contributed by atoms with Crippen LogP contribution < -0.4 is 10.6 Å². The molecule has 1 aromatic rings. The molecule has 1 rings (SSSR count). The van der Waals surface area contributed by atoms with Crippen molar-refractivity contribution in [3.8, 4) is 0 Å². The second kappa shape index (κ2) is 8.50. The number of anilines is 1. The molecular formula is C14H22N2O3. The molecule has 1 amide bonds. The highest BCUT2D eigenvalue weighted by Crippen LogP contribution is 2.15. The molecule has 0 unspecified atom stereocenters. The number of carbonyl (C=O) groups excluding carboxylic acids is 1. The molecule has 0 saturated heterocycles. The molecule has 0 aliphatic heterocycles. The SMILES string of the molecule is CNc1ccc(C(=O)NCCOCCOC)cc1C. The van der Waals surface area contributed by atoms with Crippen molar-refractivity contribution < 1.29 is 14.3 Å². The first kappa shape index (κ1) is 15.5. The van der Waals surface area contributed by atoms with Crippen molar-refractivity contribution in [2.45, 2.75) is 6.92 Å². The molecule has 0 spiro atoms. The number of nitrogens with one attached hydrogen (secondary N) is 2. The first-order chi connectivity index (χ1) is 9.19. The minimum atomic E-state index is -0.0823. The largest absolute Gasteiger partial charge is 0.388 e. The van der Waals surface area contributed by atoms with Gasteiger partial charge in [-0.1, -0.05) is 0 Å². The van der Waals surface area contributed by atoms with E-state index < -0.39 is 0 Å². The van der Waals surface area contributed by atoms with Gasteiger partial charge in [0.1, 0.15) is 0 Å². The molecule has 2 N–H and O–H groups in total. The van der Waals surface area contributed by atoms with E-state index in [0.717, 1.165) is 11.3 Å². The fourth-order valence-electron chi connectivity index (χ4n) is 1.67. The third kappa shape index (κ3) is 5.28. The van der Waals surface area contributed by atoms with Crippen LogP contribution in [0, 0.1) is 6.92 Å². The Kier molecular flexibility index (Phi) is 6.92. The Morgan fingerprint density at radius 2 is 2.05 bits per heavy atom. The lowest BCUT2D eigenvalue weighted by Gasteiger charge is -2.09. The smallest absolute Gasteiger partial charge is 0.251 e. The van der Waals surface area contributed by atoms with Gasteiger partial charge in [0, 0.05) is 32.0 Å². The van der Waals surface area contributed by atoms with Crippen LogP contribution in [0.25, 0.3) is 0 Å². The van der Waals surface area contributed by atoms with Crippen molar-refractivity contribution in [3.63, 3.8) is 0 Å². The first-order valence-electron chi connectivity index (χ1n) is 6.32. The maximum absolute atomic E-state index is 11.9. The van der Waals surface area contributed by atoms with E-state index in [0.29, 0.717) is 31.9 Å². The van der Waals surface area contributed by atoms with E-state index in [4.69, 9.17) is 9.47 Å². The van der Waals surface area contributed by atoms with Crippen LogP contribution in [0.3, 0.4) is 0 Å². The predicted molar refractivity (Wildman–Crippen MR) is 75.8 cm³/mol. The molecule has 0 atom stereocenters. The Labute approximate surface area is 114 Å². The maximum Gasteiger partial charge on any atom is 0.251 e. The van der Waals surface area contributed by atoms with Gasteiger partial charge in [-0.3, -0.25) is 4.79 Å². The van der Waals surface area contributed by atoms with Gasteiger partial charge in [-0.15, -0.1) is 0 Å². The second-order valence-electron chi connectivity index (χ2n) is 4.14. The zero-order valence-corrected chi connectivity index (χ0v) is 11.8. The lowest BCUT2D eigenvalue weighted by molar-refractivity contribution is 0.0692. The molecule has 5 nitrogen and oxygen atoms in total. The summed E-state index contributed by atoms with van der Waals surface area (Å²) in [5.74, 6) is -0.0823. The van der Waals surface area contributed by atoms with Crippen LogP contribution in [0.2, 0.25) is 0 Å². The van der Waals surface area contributed by atoms with E-state index >= 15 is 0 Å². The highest BCUT2D eigenvalue weighted by Gasteiger charge is 2.06. The Morgan fingerprint density at radius 1 is 1.26 bits per heavy atom. The average Bonchev–Trinajstić information content (AvgIpc) is 2.42. The summed E-state index contributed by atoms with van der Waals surface area (Å²) >= 11 is 0. The van der Waals surface area contributed by atoms with Gasteiger partial charge in [0.25, 0.3) is 5.91 Å². The summed E-state index contributed by atoms with van der Waals surface area (Å²) in [6.07, 6.45) is 0. The van der Waals surface area contributed by atoms with Crippen LogP contribution in [-0.4, -0.2) is 46.4 Å². The molecule has 0 aliphatic carbocycles. The van der Waals surface area contributed by atoms with Gasteiger partial charge in [-0.2, -0.15) is 0 Å². The topological polar surface area (TPSA) is 59.6 Å². The number of amides is 1. The summed E-state index contributed by atoms with van der Waals surface area (Å²) in [4.78, 5) is 11.9. The summed E-state index contributed by atoms with van der Waals surface area (Å²) < 4.78 is 10.1. The number of ether oxygens (including phenoxy) is 2. The molecule has 0 aromatic heterocycles. The van der Waals surface area contributed by atoms with Gasteiger partial charge in [-0.05, 0) is 30.7 Å². The predicted octanol–water partition coefficient (Wildman–Crippen LogP) is 1.43. The van der Waals surface area contributed by atoms with Crippen LogP contribution in [0.1, 0.15) is 15.9 Å². The Hall–Kier alpha value is -1.59. The number of carbonyl (C=O) groups is 1. The van der Waals surface area contributed by atoms with Gasteiger partial charge in [0.2, 0.25) is 0 Å². The van der Waals surface area contributed by atoms with E-state index in [1.54, 1.807) is 13.2 Å². The van der Waals surface area contributed by atoms with Crippen LogP contribution in [0.4, 0.5) is 5.69 Å². The van der Waals surface area contributed by atoms with Crippen molar-refractivity contribution in [1.82, 2.24) is 5.32 Å². The monoisotopic (exact) mass is 266 g/mol. The minimum Gasteiger partial charge on any atom is -0.388 e. The summed E-state index contributed by atoms with van der Waals surface area (Å²) in [5, 5.41) is 5.89. The Balaban J connectivity index is 2.35. The van der Waals surface area contributed by atoms with Gasteiger partial charge >= 0.3 is 0 Å². The molecule has 106 valence electrons. The Bertz CT molecular complexity index is 408. The molecule has 19 heavy (non-hydrogen) atoms. The molecule has 0 saturated carbocycles. The quantitative estimate of drug-likeness (QED) is 0.699. The lowest BCUT2D eigenvalue weighted by atomic mass is 10.1. The van der Waals surface area contributed by atoms with Crippen LogP contribution >= 0.6 is 0 Å². The third-order valence-electron chi connectivity index (χ3n) is 2.72. The normalized spacial score (nSPS) is 10.3. The summed E-state index contributed by atoms with van der Waals surface area (Å²) in [6.45, 7) is 4.06. The fraction of sp³-hybridized carbons (Fsp3) is 0.500. The van der Waals surface area contributed by atoms with Crippen LogP contribution in [0.5, 0.6) is 0 Å².